The number of rotatable bonds is 8. The first kappa shape index (κ1) is 17.7. The molecule has 0 heterocycles. The minimum absolute atomic E-state index is 0.116. The lowest BCUT2D eigenvalue weighted by molar-refractivity contribution is -0.140. The molecule has 0 radical (unpaired) electrons. The number of aliphatic hydroxyl groups is 1. The summed E-state index contributed by atoms with van der Waals surface area (Å²) in [4.78, 5) is 23.8. The normalized spacial score (nSPS) is 12.9. The summed E-state index contributed by atoms with van der Waals surface area (Å²) in [6.07, 6.45) is -0.724. The lowest BCUT2D eigenvalue weighted by Gasteiger charge is -2.34. The molecule has 3 N–H and O–H groups in total. The first-order valence-corrected chi connectivity index (χ1v) is 6.20. The van der Waals surface area contributed by atoms with Crippen LogP contribution in [0.25, 0.3) is 0 Å². The summed E-state index contributed by atoms with van der Waals surface area (Å²) < 4.78 is 5.23. The van der Waals surface area contributed by atoms with Crippen molar-refractivity contribution in [1.82, 2.24) is 10.2 Å². The molecular formula is C12H24N2O5. The fourth-order valence-corrected chi connectivity index (χ4v) is 1.32. The van der Waals surface area contributed by atoms with Crippen LogP contribution in [0.1, 0.15) is 27.2 Å². The molecule has 7 heteroatoms. The molecule has 0 fully saturated rings. The fraction of sp³-hybridized carbons (Fsp3) is 0.833. The summed E-state index contributed by atoms with van der Waals surface area (Å²) >= 11 is 0. The van der Waals surface area contributed by atoms with Gasteiger partial charge < -0.3 is 25.2 Å². The third kappa shape index (κ3) is 6.40. The summed E-state index contributed by atoms with van der Waals surface area (Å²) in [6, 6.07) is -0.380. The van der Waals surface area contributed by atoms with Crippen molar-refractivity contribution in [2.75, 3.05) is 26.8 Å². The van der Waals surface area contributed by atoms with Crippen LogP contribution < -0.4 is 5.32 Å². The molecule has 0 aliphatic carbocycles. The van der Waals surface area contributed by atoms with Crippen molar-refractivity contribution < 1.29 is 24.5 Å². The molecule has 19 heavy (non-hydrogen) atoms. The van der Waals surface area contributed by atoms with E-state index in [1.54, 1.807) is 27.8 Å². The topological polar surface area (TPSA) is 99.1 Å². The minimum atomic E-state index is -0.975. The second kappa shape index (κ2) is 7.96. The maximum Gasteiger partial charge on any atom is 0.317 e. The highest BCUT2D eigenvalue weighted by atomic mass is 16.5. The zero-order valence-corrected chi connectivity index (χ0v) is 12.0. The van der Waals surface area contributed by atoms with Gasteiger partial charge in [0, 0.05) is 20.2 Å². The SMILES string of the molecule is CCOC(CNC(=O)N(C)C(C)(C)CO)CC(=O)O. The molecule has 0 aromatic heterocycles. The number of aliphatic carboxylic acids is 1. The molecule has 0 aromatic carbocycles. The van der Waals surface area contributed by atoms with Crippen molar-refractivity contribution in [1.29, 1.82) is 0 Å². The lowest BCUT2D eigenvalue weighted by atomic mass is 10.1. The predicted octanol–water partition coefficient (Wildman–Crippen LogP) is 0.279. The van der Waals surface area contributed by atoms with Crippen LogP contribution in [0.4, 0.5) is 4.79 Å². The Bertz CT molecular complexity index is 306. The Kier molecular flexibility index (Phi) is 7.40. The van der Waals surface area contributed by atoms with Gasteiger partial charge in [0.15, 0.2) is 0 Å². The summed E-state index contributed by atoms with van der Waals surface area (Å²) in [5.41, 5.74) is -0.683. The Morgan fingerprint density at radius 2 is 2.00 bits per heavy atom. The van der Waals surface area contributed by atoms with Gasteiger partial charge in [-0.15, -0.1) is 0 Å². The molecule has 2 amide bonds. The average Bonchev–Trinajstić information content (AvgIpc) is 2.34. The number of urea groups is 1. The standard InChI is InChI=1S/C12H24N2O5/c1-5-19-9(6-10(16)17)7-13-11(18)14(4)12(2,3)8-15/h9,15H,5-8H2,1-4H3,(H,13,18)(H,16,17). The van der Waals surface area contributed by atoms with Crippen LogP contribution in [0.3, 0.4) is 0 Å². The van der Waals surface area contributed by atoms with Gasteiger partial charge in [0.05, 0.1) is 24.7 Å². The molecular weight excluding hydrogens is 252 g/mol. The number of carbonyl (C=O) groups excluding carboxylic acids is 1. The Hall–Kier alpha value is -1.34. The second-order valence-electron chi connectivity index (χ2n) is 4.89. The van der Waals surface area contributed by atoms with E-state index in [2.05, 4.69) is 5.32 Å². The molecule has 0 rings (SSSR count). The fourth-order valence-electron chi connectivity index (χ4n) is 1.32. The summed E-state index contributed by atoms with van der Waals surface area (Å²) in [5.74, 6) is -0.975. The van der Waals surface area contributed by atoms with Crippen LogP contribution in [-0.4, -0.2) is 65.6 Å². The number of hydrogen-bond acceptors (Lipinski definition) is 4. The van der Waals surface area contributed by atoms with Gasteiger partial charge in [-0.2, -0.15) is 0 Å². The molecule has 112 valence electrons. The monoisotopic (exact) mass is 276 g/mol. The number of hydrogen-bond donors (Lipinski definition) is 3. The van der Waals surface area contributed by atoms with Gasteiger partial charge >= 0.3 is 12.0 Å². The van der Waals surface area contributed by atoms with E-state index in [1.807, 2.05) is 0 Å². The number of carbonyl (C=O) groups is 2. The number of likely N-dealkylation sites (N-methyl/N-ethyl adjacent to an activating group) is 1. The van der Waals surface area contributed by atoms with E-state index in [9.17, 15) is 9.59 Å². The first-order valence-electron chi connectivity index (χ1n) is 6.20. The van der Waals surface area contributed by atoms with E-state index in [0.29, 0.717) is 6.61 Å². The van der Waals surface area contributed by atoms with Gasteiger partial charge in [0.25, 0.3) is 0 Å². The van der Waals surface area contributed by atoms with Crippen LogP contribution in [0, 0.1) is 0 Å². The Balaban J connectivity index is 4.35. The molecule has 0 saturated heterocycles. The van der Waals surface area contributed by atoms with Crippen LogP contribution in [0.2, 0.25) is 0 Å². The third-order valence-electron chi connectivity index (χ3n) is 2.89. The molecule has 7 nitrogen and oxygen atoms in total. The van der Waals surface area contributed by atoms with Crippen molar-refractivity contribution in [2.45, 2.75) is 38.8 Å². The first-order chi connectivity index (χ1) is 8.74. The van der Waals surface area contributed by atoms with E-state index >= 15 is 0 Å². The number of carboxylic acid groups (broad SMARTS) is 1. The molecule has 0 spiro atoms. The molecule has 0 bridgehead atoms. The smallest absolute Gasteiger partial charge is 0.317 e. The van der Waals surface area contributed by atoms with Gasteiger partial charge in [0.2, 0.25) is 0 Å². The molecule has 0 aliphatic heterocycles. The van der Waals surface area contributed by atoms with Crippen LogP contribution in [0.5, 0.6) is 0 Å². The van der Waals surface area contributed by atoms with Crippen molar-refractivity contribution in [3.8, 4) is 0 Å². The zero-order valence-electron chi connectivity index (χ0n) is 12.0. The number of carboxylic acids is 1. The number of nitrogens with zero attached hydrogens (tertiary/aromatic N) is 1. The van der Waals surface area contributed by atoms with E-state index in [-0.39, 0.29) is 25.6 Å². The highest BCUT2D eigenvalue weighted by Gasteiger charge is 2.27. The number of nitrogens with one attached hydrogen (secondary N) is 1. The van der Waals surface area contributed by atoms with Crippen LogP contribution in [-0.2, 0) is 9.53 Å². The number of ether oxygens (including phenoxy) is 1. The molecule has 1 unspecified atom stereocenters. The van der Waals surface area contributed by atoms with E-state index in [4.69, 9.17) is 14.9 Å². The zero-order chi connectivity index (χ0) is 15.1. The molecule has 0 aliphatic rings. The molecule has 0 aromatic rings. The maximum absolute atomic E-state index is 11.8. The van der Waals surface area contributed by atoms with Gasteiger partial charge in [-0.3, -0.25) is 4.79 Å². The quantitative estimate of drug-likeness (QED) is 0.591. The Morgan fingerprint density at radius 3 is 2.42 bits per heavy atom. The lowest BCUT2D eigenvalue weighted by Crippen LogP contribution is -2.52. The number of amides is 2. The van der Waals surface area contributed by atoms with Crippen LogP contribution >= 0.6 is 0 Å². The van der Waals surface area contributed by atoms with Crippen LogP contribution in [0.15, 0.2) is 0 Å². The van der Waals surface area contributed by atoms with Crippen molar-refractivity contribution in [2.24, 2.45) is 0 Å². The van der Waals surface area contributed by atoms with E-state index in [1.165, 1.54) is 4.90 Å². The Morgan fingerprint density at radius 1 is 1.42 bits per heavy atom. The largest absolute Gasteiger partial charge is 0.481 e. The predicted molar refractivity (Wildman–Crippen MR) is 70.0 cm³/mol. The van der Waals surface area contributed by atoms with Crippen molar-refractivity contribution >= 4 is 12.0 Å². The third-order valence-corrected chi connectivity index (χ3v) is 2.89. The van der Waals surface area contributed by atoms with Gasteiger partial charge in [-0.1, -0.05) is 0 Å². The average molecular weight is 276 g/mol. The summed E-state index contributed by atoms with van der Waals surface area (Å²) in [6.45, 7) is 5.54. The summed E-state index contributed by atoms with van der Waals surface area (Å²) in [5, 5.41) is 20.5. The summed E-state index contributed by atoms with van der Waals surface area (Å²) in [7, 11) is 1.57. The van der Waals surface area contributed by atoms with Crippen molar-refractivity contribution in [3.05, 3.63) is 0 Å². The van der Waals surface area contributed by atoms with Gasteiger partial charge in [0.1, 0.15) is 0 Å². The Labute approximate surface area is 113 Å². The molecule has 1 atom stereocenters. The van der Waals surface area contributed by atoms with Crippen molar-refractivity contribution in [3.63, 3.8) is 0 Å². The van der Waals surface area contributed by atoms with E-state index < -0.39 is 17.6 Å². The van der Waals surface area contributed by atoms with Gasteiger partial charge in [-0.05, 0) is 20.8 Å². The second-order valence-corrected chi connectivity index (χ2v) is 4.89. The highest BCUT2D eigenvalue weighted by Crippen LogP contribution is 2.10. The highest BCUT2D eigenvalue weighted by molar-refractivity contribution is 5.75. The molecule has 0 saturated carbocycles. The minimum Gasteiger partial charge on any atom is -0.481 e. The van der Waals surface area contributed by atoms with E-state index in [0.717, 1.165) is 0 Å². The maximum atomic E-state index is 11.8. The van der Waals surface area contributed by atoms with Gasteiger partial charge in [-0.25, -0.2) is 4.79 Å². The number of aliphatic hydroxyl groups excluding tert-OH is 1.